The third-order valence-electron chi connectivity index (χ3n) is 7.79. The molecule has 0 unspecified atom stereocenters. The number of hydrogen-bond donors (Lipinski definition) is 1. The highest BCUT2D eigenvalue weighted by Gasteiger charge is 2.35. The quantitative estimate of drug-likeness (QED) is 0.392. The van der Waals surface area contributed by atoms with Crippen LogP contribution in [-0.4, -0.2) is 65.0 Å². The summed E-state index contributed by atoms with van der Waals surface area (Å²) in [6, 6.07) is 15.5. The smallest absolute Gasteiger partial charge is 0.309 e. The molecule has 2 aliphatic heterocycles. The summed E-state index contributed by atoms with van der Waals surface area (Å²) >= 11 is 0. The van der Waals surface area contributed by atoms with E-state index >= 15 is 0 Å². The normalized spacial score (nSPS) is 22.9. The second-order valence-corrected chi connectivity index (χ2v) is 10.7. The topological polar surface area (TPSA) is 87.2 Å². The number of ether oxygens (including phenoxy) is 1. The van der Waals surface area contributed by atoms with E-state index in [1.165, 1.54) is 12.1 Å². The molecule has 214 valence electrons. The molecule has 2 aliphatic rings. The van der Waals surface area contributed by atoms with Crippen molar-refractivity contribution >= 4 is 17.8 Å². The minimum Gasteiger partial charge on any atom is -0.463 e. The minimum absolute atomic E-state index is 0.0478. The fraction of sp³-hybridized carbons (Fsp3) is 0.469. The van der Waals surface area contributed by atoms with Crippen LogP contribution in [0.2, 0.25) is 0 Å². The summed E-state index contributed by atoms with van der Waals surface area (Å²) in [5.74, 6) is -1.79. The molecule has 3 atom stereocenters. The zero-order valence-electron chi connectivity index (χ0n) is 22.9. The molecule has 2 heterocycles. The highest BCUT2D eigenvalue weighted by atomic mass is 19.1. The second-order valence-electron chi connectivity index (χ2n) is 10.7. The lowest BCUT2D eigenvalue weighted by atomic mass is 9.94. The van der Waals surface area contributed by atoms with Crippen molar-refractivity contribution in [2.24, 2.45) is 11.8 Å². The molecular weight excluding hydrogens is 511 g/mol. The van der Waals surface area contributed by atoms with Crippen molar-refractivity contribution in [1.29, 1.82) is 0 Å². The highest BCUT2D eigenvalue weighted by molar-refractivity contribution is 5.86. The van der Waals surface area contributed by atoms with Gasteiger partial charge in [-0.05, 0) is 61.8 Å². The molecule has 1 fully saturated rings. The Balaban J connectivity index is 1.47. The number of cyclic esters (lactones) is 1. The number of aliphatic hydroxyl groups is 1. The molecule has 0 bridgehead atoms. The Labute approximate surface area is 235 Å². The molecule has 2 aromatic rings. The minimum atomic E-state index is -0.534. The second kappa shape index (κ2) is 14.7. The van der Waals surface area contributed by atoms with Crippen molar-refractivity contribution < 1.29 is 28.6 Å². The average molecular weight is 551 g/mol. The van der Waals surface area contributed by atoms with Crippen molar-refractivity contribution in [1.82, 2.24) is 9.80 Å². The van der Waals surface area contributed by atoms with E-state index in [4.69, 9.17) is 4.74 Å². The first kappa shape index (κ1) is 29.5. The van der Waals surface area contributed by atoms with Crippen molar-refractivity contribution in [2.75, 3.05) is 26.3 Å². The lowest BCUT2D eigenvalue weighted by molar-refractivity contribution is -0.152. The van der Waals surface area contributed by atoms with Gasteiger partial charge in [-0.2, -0.15) is 0 Å². The summed E-state index contributed by atoms with van der Waals surface area (Å²) < 4.78 is 19.1. The van der Waals surface area contributed by atoms with Gasteiger partial charge in [0.2, 0.25) is 11.8 Å². The zero-order valence-corrected chi connectivity index (χ0v) is 22.9. The Morgan fingerprint density at radius 3 is 2.52 bits per heavy atom. The number of benzene rings is 2. The van der Waals surface area contributed by atoms with Gasteiger partial charge in [0.15, 0.2) is 0 Å². The van der Waals surface area contributed by atoms with E-state index < -0.39 is 5.92 Å². The van der Waals surface area contributed by atoms with E-state index in [1.807, 2.05) is 42.5 Å². The number of nitrogens with zero attached hydrogens (tertiary/aromatic N) is 2. The summed E-state index contributed by atoms with van der Waals surface area (Å²) in [5.41, 5.74) is 1.83. The van der Waals surface area contributed by atoms with Crippen LogP contribution in [0.4, 0.5) is 4.39 Å². The first-order chi connectivity index (χ1) is 19.4. The maximum atomic E-state index is 13.7. The average Bonchev–Trinajstić information content (AvgIpc) is 3.43. The number of carbonyl (C=O) groups excluding carboxylic acids is 3. The molecule has 1 saturated heterocycles. The lowest BCUT2D eigenvalue weighted by Crippen LogP contribution is -2.44. The summed E-state index contributed by atoms with van der Waals surface area (Å²) in [6.45, 7) is 1.11. The number of fused-ring (bicyclic) bond motifs is 1. The van der Waals surface area contributed by atoms with Gasteiger partial charge in [0.1, 0.15) is 12.4 Å². The van der Waals surface area contributed by atoms with Gasteiger partial charge in [0, 0.05) is 26.1 Å². The van der Waals surface area contributed by atoms with E-state index in [-0.39, 0.29) is 61.7 Å². The van der Waals surface area contributed by atoms with Crippen LogP contribution in [-0.2, 0) is 32.1 Å². The highest BCUT2D eigenvalue weighted by Crippen LogP contribution is 2.26. The van der Waals surface area contributed by atoms with Gasteiger partial charge in [0.05, 0.1) is 24.5 Å². The van der Waals surface area contributed by atoms with Crippen LogP contribution in [0, 0.1) is 17.7 Å². The largest absolute Gasteiger partial charge is 0.463 e. The first-order valence-corrected chi connectivity index (χ1v) is 14.2. The van der Waals surface area contributed by atoms with Crippen LogP contribution < -0.4 is 0 Å². The molecule has 0 saturated carbocycles. The van der Waals surface area contributed by atoms with Crippen LogP contribution in [0.1, 0.15) is 49.7 Å². The number of allylic oxidation sites excluding steroid dienone is 2. The van der Waals surface area contributed by atoms with E-state index in [1.54, 1.807) is 21.9 Å². The summed E-state index contributed by atoms with van der Waals surface area (Å²) in [7, 11) is 0. The molecule has 0 radical (unpaired) electrons. The molecule has 0 spiro atoms. The van der Waals surface area contributed by atoms with Crippen molar-refractivity contribution in [3.63, 3.8) is 0 Å². The van der Waals surface area contributed by atoms with Gasteiger partial charge in [-0.1, -0.05) is 54.6 Å². The lowest BCUT2D eigenvalue weighted by Gasteiger charge is -2.30. The molecule has 0 aromatic heterocycles. The Morgan fingerprint density at radius 1 is 1.00 bits per heavy atom. The van der Waals surface area contributed by atoms with Crippen LogP contribution >= 0.6 is 0 Å². The predicted molar refractivity (Wildman–Crippen MR) is 149 cm³/mol. The number of rotatable bonds is 8. The number of amides is 2. The monoisotopic (exact) mass is 550 g/mol. The molecule has 40 heavy (non-hydrogen) atoms. The van der Waals surface area contributed by atoms with E-state index in [2.05, 4.69) is 0 Å². The van der Waals surface area contributed by atoms with Gasteiger partial charge < -0.3 is 19.6 Å². The van der Waals surface area contributed by atoms with Gasteiger partial charge in [-0.25, -0.2) is 4.39 Å². The maximum Gasteiger partial charge on any atom is 0.309 e. The van der Waals surface area contributed by atoms with Crippen LogP contribution in [0.5, 0.6) is 0 Å². The fourth-order valence-corrected chi connectivity index (χ4v) is 5.54. The Bertz CT molecular complexity index is 1150. The molecule has 2 amide bonds. The number of esters is 1. The van der Waals surface area contributed by atoms with Crippen LogP contribution in [0.3, 0.4) is 0 Å². The first-order valence-electron chi connectivity index (χ1n) is 14.2. The van der Waals surface area contributed by atoms with Gasteiger partial charge in [0.25, 0.3) is 0 Å². The third kappa shape index (κ3) is 8.24. The number of carbonyl (C=O) groups is 3. The molecular formula is C32H39FN2O5. The Morgan fingerprint density at radius 2 is 1.77 bits per heavy atom. The Kier molecular flexibility index (Phi) is 10.9. The van der Waals surface area contributed by atoms with E-state index in [0.717, 1.165) is 24.0 Å². The van der Waals surface area contributed by atoms with E-state index in [0.29, 0.717) is 38.8 Å². The molecule has 7 nitrogen and oxygen atoms in total. The van der Waals surface area contributed by atoms with Gasteiger partial charge >= 0.3 is 5.97 Å². The molecule has 0 aliphatic carbocycles. The van der Waals surface area contributed by atoms with Crippen molar-refractivity contribution in [2.45, 2.75) is 57.5 Å². The van der Waals surface area contributed by atoms with Crippen LogP contribution in [0.15, 0.2) is 66.7 Å². The van der Waals surface area contributed by atoms with Gasteiger partial charge in [-0.3, -0.25) is 14.4 Å². The molecule has 8 heteroatoms. The van der Waals surface area contributed by atoms with Crippen LogP contribution in [0.25, 0.3) is 0 Å². The molecule has 1 N–H and O–H groups in total. The summed E-state index contributed by atoms with van der Waals surface area (Å²) in [5, 5.41) is 9.59. The standard InChI is InChI=1S/C32H39FN2O5/c33-28-15-13-24(14-16-28)20-27-11-6-2-5-10-26(31(38)35-17-7-12-29(35)23-40-32(27)39)21-30(37)34(18-19-36)22-25-8-3-1-4-9-25/h1-5,8-9,13-16,26-27,29,36H,6-7,10-12,17-23H2/b5-2-/t26-,27-,29-/m0/s1. The third-order valence-corrected chi connectivity index (χ3v) is 7.79. The van der Waals surface area contributed by atoms with E-state index in [9.17, 15) is 23.9 Å². The van der Waals surface area contributed by atoms with Crippen molar-refractivity contribution in [3.05, 3.63) is 83.7 Å². The Hall–Kier alpha value is -3.52. The van der Waals surface area contributed by atoms with Crippen molar-refractivity contribution in [3.8, 4) is 0 Å². The summed E-state index contributed by atoms with van der Waals surface area (Å²) in [6.07, 6.45) is 7.57. The molecule has 4 rings (SSSR count). The molecule has 2 aromatic carbocycles. The summed E-state index contributed by atoms with van der Waals surface area (Å²) in [4.78, 5) is 43.5. The number of halogens is 1. The fourth-order valence-electron chi connectivity index (χ4n) is 5.54. The predicted octanol–water partition coefficient (Wildman–Crippen LogP) is 4.29. The number of hydrogen-bond acceptors (Lipinski definition) is 5. The van der Waals surface area contributed by atoms with Gasteiger partial charge in [-0.15, -0.1) is 0 Å². The SMILES string of the molecule is O=C1OC[C@@H]2CCCN2C(=O)[C@H](CC(=O)N(CCO)Cc2ccccc2)C/C=C\CC[C@H]1Cc1ccc(F)cc1. The maximum absolute atomic E-state index is 13.7. The zero-order chi connectivity index (χ0) is 28.3. The number of aliphatic hydroxyl groups excluding tert-OH is 1.